The Morgan fingerprint density at radius 3 is 2.50 bits per heavy atom. The third kappa shape index (κ3) is 5.91. The van der Waals surface area contributed by atoms with Gasteiger partial charge >= 0.3 is 0 Å². The Hall–Kier alpha value is 0.210. The molecule has 20 heavy (non-hydrogen) atoms. The zero-order valence-corrected chi connectivity index (χ0v) is 14.2. The van der Waals surface area contributed by atoms with Crippen LogP contribution in [0, 0.1) is 0 Å². The Kier molecular flexibility index (Phi) is 7.86. The number of rotatable bonds is 10. The third-order valence-electron chi connectivity index (χ3n) is 2.83. The topological polar surface area (TPSA) is 54.0 Å². The minimum atomic E-state index is -0.935. The Bertz CT molecular complexity index is 300. The maximum atomic E-state index is 11.4. The summed E-state index contributed by atoms with van der Waals surface area (Å²) >= 11 is 3.20. The van der Waals surface area contributed by atoms with Crippen molar-refractivity contribution in [3.05, 3.63) is 0 Å². The fraction of sp³-hybridized carbons (Fsp3) is 0.923. The molecule has 1 aliphatic rings. The van der Waals surface area contributed by atoms with Crippen molar-refractivity contribution in [2.75, 3.05) is 37.6 Å². The van der Waals surface area contributed by atoms with Crippen LogP contribution in [0.4, 0.5) is 0 Å². The standard InChI is InChI=1S/C13H24O5S2/c1-12(2)17-8-13(7-14,18-12)5-11(16-10-20-4)6-15-9-19-3/h7,11H,5-6,8-10H2,1-4H3/t11-,13+/m0/s1. The average molecular weight is 324 g/mol. The predicted octanol–water partition coefficient (Wildman–Crippen LogP) is 2.14. The van der Waals surface area contributed by atoms with Crippen molar-refractivity contribution >= 4 is 29.8 Å². The van der Waals surface area contributed by atoms with Crippen LogP contribution < -0.4 is 0 Å². The average Bonchev–Trinajstić information content (AvgIpc) is 2.72. The van der Waals surface area contributed by atoms with Gasteiger partial charge < -0.3 is 23.7 Å². The Balaban J connectivity index is 2.58. The largest absolute Gasteiger partial charge is 0.368 e. The first-order valence-electron chi connectivity index (χ1n) is 6.44. The van der Waals surface area contributed by atoms with E-state index in [0.29, 0.717) is 24.9 Å². The molecule has 0 spiro atoms. The second-order valence-corrected chi connectivity index (χ2v) is 6.78. The first-order valence-corrected chi connectivity index (χ1v) is 9.23. The van der Waals surface area contributed by atoms with E-state index in [1.807, 2.05) is 12.5 Å². The van der Waals surface area contributed by atoms with Crippen LogP contribution in [-0.2, 0) is 23.7 Å². The summed E-state index contributed by atoms with van der Waals surface area (Å²) in [4.78, 5) is 11.4. The fourth-order valence-corrected chi connectivity index (χ4v) is 2.62. The van der Waals surface area contributed by atoms with Gasteiger partial charge in [-0.1, -0.05) is 0 Å². The highest BCUT2D eigenvalue weighted by Crippen LogP contribution is 2.33. The molecule has 0 radical (unpaired) electrons. The molecule has 1 aliphatic heterocycles. The van der Waals surface area contributed by atoms with Gasteiger partial charge in [0.15, 0.2) is 17.7 Å². The molecule has 5 nitrogen and oxygen atoms in total. The van der Waals surface area contributed by atoms with Crippen LogP contribution in [0.25, 0.3) is 0 Å². The normalized spacial score (nSPS) is 26.6. The van der Waals surface area contributed by atoms with Crippen molar-refractivity contribution < 1.29 is 23.7 Å². The van der Waals surface area contributed by atoms with E-state index in [2.05, 4.69) is 0 Å². The lowest BCUT2D eigenvalue weighted by molar-refractivity contribution is -0.172. The molecule has 0 bridgehead atoms. The van der Waals surface area contributed by atoms with Gasteiger partial charge in [-0.25, -0.2) is 0 Å². The molecule has 118 valence electrons. The molecule has 1 fully saturated rings. The highest BCUT2D eigenvalue weighted by Gasteiger charge is 2.47. The Morgan fingerprint density at radius 1 is 1.30 bits per heavy atom. The summed E-state index contributed by atoms with van der Waals surface area (Å²) in [6.45, 7) is 4.31. The van der Waals surface area contributed by atoms with Crippen LogP contribution in [0.1, 0.15) is 20.3 Å². The first kappa shape index (κ1) is 18.3. The molecular formula is C13H24O5S2. The second kappa shape index (κ2) is 8.60. The molecule has 1 heterocycles. The van der Waals surface area contributed by atoms with E-state index in [-0.39, 0.29) is 12.7 Å². The van der Waals surface area contributed by atoms with Crippen molar-refractivity contribution in [3.8, 4) is 0 Å². The molecule has 0 unspecified atom stereocenters. The van der Waals surface area contributed by atoms with Crippen molar-refractivity contribution in [1.82, 2.24) is 0 Å². The van der Waals surface area contributed by atoms with Gasteiger partial charge in [-0.2, -0.15) is 0 Å². The maximum absolute atomic E-state index is 11.4. The molecule has 0 aromatic heterocycles. The van der Waals surface area contributed by atoms with Crippen LogP contribution in [0.5, 0.6) is 0 Å². The van der Waals surface area contributed by atoms with E-state index < -0.39 is 11.4 Å². The van der Waals surface area contributed by atoms with Gasteiger partial charge in [0, 0.05) is 6.42 Å². The van der Waals surface area contributed by atoms with E-state index in [1.54, 1.807) is 37.4 Å². The summed E-state index contributed by atoms with van der Waals surface area (Å²) < 4.78 is 22.5. The zero-order valence-electron chi connectivity index (χ0n) is 12.5. The summed E-state index contributed by atoms with van der Waals surface area (Å²) in [6, 6.07) is 0. The van der Waals surface area contributed by atoms with E-state index in [0.717, 1.165) is 6.29 Å². The van der Waals surface area contributed by atoms with Crippen molar-refractivity contribution in [1.29, 1.82) is 0 Å². The molecule has 0 amide bonds. The fourth-order valence-electron chi connectivity index (χ4n) is 2.03. The smallest absolute Gasteiger partial charge is 0.164 e. The number of ether oxygens (including phenoxy) is 4. The SMILES string of the molecule is CSCOC[C@H](C[C@@]1(C=O)COC(C)(C)O1)OCSC. The number of aldehydes is 1. The number of carbonyl (C=O) groups is 1. The van der Waals surface area contributed by atoms with Crippen LogP contribution in [0.3, 0.4) is 0 Å². The first-order chi connectivity index (χ1) is 9.47. The number of hydrogen-bond donors (Lipinski definition) is 0. The highest BCUT2D eigenvalue weighted by atomic mass is 32.2. The Morgan fingerprint density at radius 2 is 2.00 bits per heavy atom. The van der Waals surface area contributed by atoms with Gasteiger partial charge in [0.05, 0.1) is 31.2 Å². The lowest BCUT2D eigenvalue weighted by Gasteiger charge is -2.28. The van der Waals surface area contributed by atoms with Gasteiger partial charge in [0.1, 0.15) is 0 Å². The molecule has 0 aliphatic carbocycles. The van der Waals surface area contributed by atoms with Gasteiger partial charge in [-0.05, 0) is 26.4 Å². The summed E-state index contributed by atoms with van der Waals surface area (Å²) in [5, 5.41) is 0. The molecule has 0 aromatic carbocycles. The van der Waals surface area contributed by atoms with Gasteiger partial charge in [-0.15, -0.1) is 23.5 Å². The third-order valence-corrected chi connectivity index (χ3v) is 3.60. The van der Waals surface area contributed by atoms with Crippen LogP contribution >= 0.6 is 23.5 Å². The van der Waals surface area contributed by atoms with Gasteiger partial charge in [0.25, 0.3) is 0 Å². The van der Waals surface area contributed by atoms with Gasteiger partial charge in [-0.3, -0.25) is 0 Å². The highest BCUT2D eigenvalue weighted by molar-refractivity contribution is 7.98. The van der Waals surface area contributed by atoms with Crippen molar-refractivity contribution in [2.24, 2.45) is 0 Å². The lowest BCUT2D eigenvalue weighted by Crippen LogP contribution is -2.41. The van der Waals surface area contributed by atoms with Crippen molar-refractivity contribution in [2.45, 2.75) is 37.8 Å². The summed E-state index contributed by atoms with van der Waals surface area (Å²) in [5.74, 6) is 0.438. The summed E-state index contributed by atoms with van der Waals surface area (Å²) in [6.07, 6.45) is 5.02. The van der Waals surface area contributed by atoms with Crippen LogP contribution in [0.2, 0.25) is 0 Å². The molecule has 2 atom stereocenters. The van der Waals surface area contributed by atoms with E-state index >= 15 is 0 Å². The number of hydrogen-bond acceptors (Lipinski definition) is 7. The van der Waals surface area contributed by atoms with E-state index in [1.165, 1.54) is 0 Å². The second-order valence-electron chi connectivity index (χ2n) is 5.15. The molecular weight excluding hydrogens is 300 g/mol. The van der Waals surface area contributed by atoms with E-state index in [9.17, 15) is 4.79 Å². The summed E-state index contributed by atoms with van der Waals surface area (Å²) in [5.41, 5.74) is -0.935. The molecule has 0 aromatic rings. The molecule has 0 saturated carbocycles. The van der Waals surface area contributed by atoms with Crippen LogP contribution in [0.15, 0.2) is 0 Å². The van der Waals surface area contributed by atoms with Crippen molar-refractivity contribution in [3.63, 3.8) is 0 Å². The quantitative estimate of drug-likeness (QED) is 0.347. The molecule has 0 N–H and O–H groups in total. The van der Waals surface area contributed by atoms with Gasteiger partial charge in [0.2, 0.25) is 0 Å². The lowest BCUT2D eigenvalue weighted by atomic mass is 9.99. The van der Waals surface area contributed by atoms with E-state index in [4.69, 9.17) is 18.9 Å². The van der Waals surface area contributed by atoms with Crippen LogP contribution in [-0.4, -0.2) is 61.4 Å². The monoisotopic (exact) mass is 324 g/mol. The molecule has 7 heteroatoms. The zero-order chi connectivity index (χ0) is 15.1. The molecule has 1 rings (SSSR count). The number of carbonyl (C=O) groups excluding carboxylic acids is 1. The number of thioether (sulfide) groups is 2. The summed E-state index contributed by atoms with van der Waals surface area (Å²) in [7, 11) is 0. The minimum absolute atomic E-state index is 0.183. The molecule has 1 saturated heterocycles. The Labute approximate surface area is 129 Å². The predicted molar refractivity (Wildman–Crippen MR) is 82.1 cm³/mol. The minimum Gasteiger partial charge on any atom is -0.368 e. The maximum Gasteiger partial charge on any atom is 0.164 e.